The summed E-state index contributed by atoms with van der Waals surface area (Å²) in [6.07, 6.45) is 6.01. The first-order valence-corrected chi connectivity index (χ1v) is 9.99. The van der Waals surface area contributed by atoms with Crippen LogP contribution >= 0.6 is 0 Å². The standard InChI is InChI=1S/C19H19FNO2Se/c1-12(2)16-10-23-19(21-16)15-4-3-5-18(15)24-11-17(22)13-6-8-14(20)9-7-13/h3-9,12,16H,10-11H2,1-2H3/t16-/m1/s1. The first kappa shape index (κ1) is 17.6. The van der Waals surface area contributed by atoms with Crippen LogP contribution in [0.5, 0.6) is 0 Å². The maximum absolute atomic E-state index is 12.9. The van der Waals surface area contributed by atoms with E-state index < -0.39 is 0 Å². The van der Waals surface area contributed by atoms with Gasteiger partial charge < -0.3 is 0 Å². The quantitative estimate of drug-likeness (QED) is 0.551. The monoisotopic (exact) mass is 392 g/mol. The third kappa shape index (κ3) is 4.07. The Labute approximate surface area is 149 Å². The molecule has 5 heteroatoms. The van der Waals surface area contributed by atoms with Gasteiger partial charge in [-0.2, -0.15) is 0 Å². The van der Waals surface area contributed by atoms with E-state index in [1.54, 1.807) is 0 Å². The summed E-state index contributed by atoms with van der Waals surface area (Å²) in [6.45, 7) is 4.90. The number of benzene rings is 1. The molecule has 0 bridgehead atoms. The fourth-order valence-electron chi connectivity index (χ4n) is 2.45. The molecule has 0 spiro atoms. The molecule has 3 rings (SSSR count). The van der Waals surface area contributed by atoms with Crippen molar-refractivity contribution in [1.29, 1.82) is 0 Å². The molecule has 1 aliphatic carbocycles. The molecule has 2 aliphatic rings. The van der Waals surface area contributed by atoms with E-state index in [4.69, 9.17) is 4.74 Å². The fraction of sp³-hybridized carbons (Fsp3) is 0.316. The zero-order valence-corrected chi connectivity index (χ0v) is 15.4. The summed E-state index contributed by atoms with van der Waals surface area (Å²) in [7, 11) is 0. The molecule has 0 aromatic heterocycles. The number of rotatable bonds is 6. The van der Waals surface area contributed by atoms with E-state index in [0.29, 0.717) is 29.3 Å². The van der Waals surface area contributed by atoms with Crippen LogP contribution in [-0.4, -0.2) is 39.3 Å². The van der Waals surface area contributed by atoms with Crippen LogP contribution in [0.2, 0.25) is 5.32 Å². The molecule has 0 amide bonds. The number of halogens is 1. The summed E-state index contributed by atoms with van der Waals surface area (Å²) in [5, 5.41) is 0.441. The molecule has 1 atom stereocenters. The Hall–Kier alpha value is -1.19. The second-order valence-electron chi connectivity index (χ2n) is 6.08. The van der Waals surface area contributed by atoms with Crippen molar-refractivity contribution >= 4 is 26.6 Å². The summed E-state index contributed by atoms with van der Waals surface area (Å²) in [6, 6.07) is 5.92. The summed E-state index contributed by atoms with van der Waals surface area (Å²) >= 11 is -0.00784. The summed E-state index contributed by atoms with van der Waals surface area (Å²) in [4.78, 5) is 18.0. The minimum absolute atomic E-state index is 0.00784. The third-order valence-corrected chi connectivity index (χ3v) is 6.23. The van der Waals surface area contributed by atoms with Crippen molar-refractivity contribution in [2.24, 2.45) is 10.9 Å². The average molecular weight is 391 g/mol. The number of aliphatic imine (C=N–C) groups is 1. The predicted octanol–water partition coefficient (Wildman–Crippen LogP) is 3.32. The van der Waals surface area contributed by atoms with E-state index in [2.05, 4.69) is 18.8 Å². The van der Waals surface area contributed by atoms with Crippen LogP contribution in [0.25, 0.3) is 0 Å². The van der Waals surface area contributed by atoms with Gasteiger partial charge in [0, 0.05) is 0 Å². The molecule has 1 fully saturated rings. The molecule has 0 saturated heterocycles. The Morgan fingerprint density at radius 2 is 2.08 bits per heavy atom. The van der Waals surface area contributed by atoms with Gasteiger partial charge in [-0.3, -0.25) is 0 Å². The number of ether oxygens (including phenoxy) is 1. The van der Waals surface area contributed by atoms with E-state index >= 15 is 0 Å². The van der Waals surface area contributed by atoms with Crippen molar-refractivity contribution in [3.05, 3.63) is 65.6 Å². The normalized spacial score (nSPS) is 22.0. The molecule has 24 heavy (non-hydrogen) atoms. The van der Waals surface area contributed by atoms with Gasteiger partial charge in [0.2, 0.25) is 0 Å². The Morgan fingerprint density at radius 3 is 2.75 bits per heavy atom. The fourth-order valence-corrected chi connectivity index (χ4v) is 4.42. The van der Waals surface area contributed by atoms with Crippen molar-refractivity contribution in [1.82, 2.24) is 0 Å². The van der Waals surface area contributed by atoms with Gasteiger partial charge in [0.05, 0.1) is 0 Å². The SMILES string of the molecule is CC(C)[C@H]1COC([C]2[CH][CH][CH][C]2[Se]CC(=O)c2ccc(F)cc2)=N1. The number of carbonyl (C=O) groups is 1. The molecule has 1 heterocycles. The number of ketones is 1. The average Bonchev–Trinajstić information content (AvgIpc) is 3.22. The molecule has 1 aromatic carbocycles. The minimum atomic E-state index is -0.327. The summed E-state index contributed by atoms with van der Waals surface area (Å²) in [5.41, 5.74) is 0.556. The topological polar surface area (TPSA) is 38.7 Å². The van der Waals surface area contributed by atoms with Crippen molar-refractivity contribution in [2.75, 3.05) is 6.61 Å². The first-order valence-electron chi connectivity index (χ1n) is 7.93. The van der Waals surface area contributed by atoms with Gasteiger partial charge >= 0.3 is 149 Å². The van der Waals surface area contributed by atoms with Crippen LogP contribution in [0.15, 0.2) is 29.3 Å². The summed E-state index contributed by atoms with van der Waals surface area (Å²) in [5.74, 6) is 1.87. The Morgan fingerprint density at radius 1 is 1.33 bits per heavy atom. The third-order valence-electron chi connectivity index (χ3n) is 3.97. The summed E-state index contributed by atoms with van der Waals surface area (Å²) < 4.78 is 18.7. The Balaban J connectivity index is 1.57. The zero-order valence-electron chi connectivity index (χ0n) is 13.7. The van der Waals surface area contributed by atoms with Crippen LogP contribution in [-0.2, 0) is 4.74 Å². The van der Waals surface area contributed by atoms with Crippen LogP contribution in [0.3, 0.4) is 0 Å². The van der Waals surface area contributed by atoms with Gasteiger partial charge in [0.15, 0.2) is 0 Å². The van der Waals surface area contributed by atoms with Gasteiger partial charge in [-0.15, -0.1) is 0 Å². The molecule has 125 valence electrons. The molecule has 5 radical (unpaired) electrons. The molecular formula is C19H19FNO2Se. The van der Waals surface area contributed by atoms with Crippen LogP contribution in [0.1, 0.15) is 24.2 Å². The predicted molar refractivity (Wildman–Crippen MR) is 92.7 cm³/mol. The maximum atomic E-state index is 12.9. The molecular weight excluding hydrogens is 372 g/mol. The van der Waals surface area contributed by atoms with E-state index in [1.165, 1.54) is 24.3 Å². The molecule has 3 nitrogen and oxygen atoms in total. The van der Waals surface area contributed by atoms with E-state index in [0.717, 1.165) is 10.7 Å². The van der Waals surface area contributed by atoms with Gasteiger partial charge in [-0.1, -0.05) is 0 Å². The van der Waals surface area contributed by atoms with E-state index in [9.17, 15) is 9.18 Å². The molecule has 1 aliphatic heterocycles. The number of nitrogens with zero attached hydrogens (tertiary/aromatic N) is 1. The number of carbonyl (C=O) groups excluding carboxylic acids is 1. The molecule has 0 N–H and O–H groups in total. The van der Waals surface area contributed by atoms with Crippen molar-refractivity contribution in [2.45, 2.75) is 25.2 Å². The molecule has 1 aromatic rings. The molecule has 1 saturated carbocycles. The van der Waals surface area contributed by atoms with Crippen LogP contribution < -0.4 is 0 Å². The number of hydrogen-bond donors (Lipinski definition) is 0. The van der Waals surface area contributed by atoms with E-state index in [1.807, 2.05) is 19.3 Å². The number of hydrogen-bond acceptors (Lipinski definition) is 3. The van der Waals surface area contributed by atoms with Gasteiger partial charge in [0.25, 0.3) is 0 Å². The first-order chi connectivity index (χ1) is 11.5. The van der Waals surface area contributed by atoms with Crippen LogP contribution in [0, 0.1) is 41.7 Å². The van der Waals surface area contributed by atoms with Crippen molar-refractivity contribution in [3.63, 3.8) is 0 Å². The Bertz CT molecular complexity index is 614. The van der Waals surface area contributed by atoms with Gasteiger partial charge in [0.1, 0.15) is 0 Å². The van der Waals surface area contributed by atoms with Crippen LogP contribution in [0.4, 0.5) is 4.39 Å². The molecule has 0 unspecified atom stereocenters. The van der Waals surface area contributed by atoms with Gasteiger partial charge in [-0.05, 0) is 0 Å². The van der Waals surface area contributed by atoms with Gasteiger partial charge in [-0.25, -0.2) is 0 Å². The van der Waals surface area contributed by atoms with Crippen molar-refractivity contribution in [3.8, 4) is 0 Å². The zero-order chi connectivity index (χ0) is 17.1. The Kier molecular flexibility index (Phi) is 5.72. The second-order valence-corrected chi connectivity index (χ2v) is 8.21. The van der Waals surface area contributed by atoms with E-state index in [-0.39, 0.29) is 32.6 Å². The van der Waals surface area contributed by atoms with Crippen molar-refractivity contribution < 1.29 is 13.9 Å². The second kappa shape index (κ2) is 7.79. The number of Topliss-reactive ketones (excluding diaryl/α,β-unsaturated/α-hetero) is 1.